The molecule has 0 atom stereocenters. The molecule has 8 heteroatoms. The summed E-state index contributed by atoms with van der Waals surface area (Å²) >= 11 is 0. The lowest BCUT2D eigenvalue weighted by Gasteiger charge is -2.09. The van der Waals surface area contributed by atoms with E-state index in [0.29, 0.717) is 5.69 Å². The molecule has 0 spiro atoms. The zero-order valence-electron chi connectivity index (χ0n) is 15.0. The number of carbonyl (C=O) groups excluding carboxylic acids is 1. The largest absolute Gasteiger partial charge is 0.334 e. The summed E-state index contributed by atoms with van der Waals surface area (Å²) in [5.41, 5.74) is 2.36. The van der Waals surface area contributed by atoms with Gasteiger partial charge >= 0.3 is 6.03 Å². The molecule has 0 bridgehead atoms. The van der Waals surface area contributed by atoms with Gasteiger partial charge in [0.15, 0.2) is 9.84 Å². The Morgan fingerprint density at radius 2 is 1.89 bits per heavy atom. The molecule has 0 aliphatic carbocycles. The molecule has 0 aliphatic rings. The Balaban J connectivity index is 1.61. The first-order valence-electron chi connectivity index (χ1n) is 8.24. The van der Waals surface area contributed by atoms with E-state index in [2.05, 4.69) is 15.6 Å². The minimum Gasteiger partial charge on any atom is -0.334 e. The van der Waals surface area contributed by atoms with Crippen LogP contribution in [-0.4, -0.2) is 30.3 Å². The van der Waals surface area contributed by atoms with Crippen LogP contribution in [0.1, 0.15) is 5.56 Å². The summed E-state index contributed by atoms with van der Waals surface area (Å²) in [6.07, 6.45) is 4.74. The summed E-state index contributed by atoms with van der Waals surface area (Å²) in [6.45, 7) is 0.287. The standard InChI is InChI=1S/C19H20N4O3S/c1-23-11-10-20-18(23)15-4-3-5-16(12-15)22-19(24)21-13-14-6-8-17(9-7-14)27(2,25)26/h3-12H,13H2,1-2H3,(H2,21,22,24). The molecule has 0 saturated carbocycles. The number of benzene rings is 2. The summed E-state index contributed by atoms with van der Waals surface area (Å²) < 4.78 is 24.8. The fourth-order valence-electron chi connectivity index (χ4n) is 2.59. The number of nitrogens with zero attached hydrogens (tertiary/aromatic N) is 2. The highest BCUT2D eigenvalue weighted by atomic mass is 32.2. The van der Waals surface area contributed by atoms with Crippen molar-refractivity contribution in [3.63, 3.8) is 0 Å². The van der Waals surface area contributed by atoms with Crippen LogP contribution < -0.4 is 10.6 Å². The van der Waals surface area contributed by atoms with Crippen molar-refractivity contribution in [2.45, 2.75) is 11.4 Å². The first kappa shape index (κ1) is 18.7. The molecular weight excluding hydrogens is 364 g/mol. The molecular formula is C19H20N4O3S. The van der Waals surface area contributed by atoms with E-state index in [1.807, 2.05) is 36.0 Å². The molecule has 0 fully saturated rings. The molecule has 0 saturated heterocycles. The Morgan fingerprint density at radius 1 is 1.15 bits per heavy atom. The van der Waals surface area contributed by atoms with Crippen molar-refractivity contribution in [2.24, 2.45) is 7.05 Å². The number of aromatic nitrogens is 2. The zero-order valence-corrected chi connectivity index (χ0v) is 15.8. The highest BCUT2D eigenvalue weighted by molar-refractivity contribution is 7.90. The Bertz CT molecular complexity index is 1060. The molecule has 140 valence electrons. The molecule has 0 unspecified atom stereocenters. The van der Waals surface area contributed by atoms with Crippen LogP contribution in [0, 0.1) is 0 Å². The van der Waals surface area contributed by atoms with Gasteiger partial charge in [-0.15, -0.1) is 0 Å². The Hall–Kier alpha value is -3.13. The number of hydrogen-bond acceptors (Lipinski definition) is 4. The molecule has 1 aromatic heterocycles. The van der Waals surface area contributed by atoms with E-state index >= 15 is 0 Å². The topological polar surface area (TPSA) is 93.1 Å². The zero-order chi connectivity index (χ0) is 19.4. The van der Waals surface area contributed by atoms with E-state index in [4.69, 9.17) is 0 Å². The van der Waals surface area contributed by atoms with E-state index in [0.717, 1.165) is 23.2 Å². The first-order valence-corrected chi connectivity index (χ1v) is 10.1. The van der Waals surface area contributed by atoms with Gasteiger partial charge in [-0.05, 0) is 29.8 Å². The fraction of sp³-hybridized carbons (Fsp3) is 0.158. The fourth-order valence-corrected chi connectivity index (χ4v) is 3.22. The number of anilines is 1. The molecule has 3 aromatic rings. The molecule has 1 heterocycles. The lowest BCUT2D eigenvalue weighted by molar-refractivity contribution is 0.251. The number of imidazole rings is 1. The second-order valence-corrected chi connectivity index (χ2v) is 8.18. The second-order valence-electron chi connectivity index (χ2n) is 6.17. The van der Waals surface area contributed by atoms with Gasteiger partial charge in [-0.1, -0.05) is 24.3 Å². The van der Waals surface area contributed by atoms with Crippen LogP contribution in [0.3, 0.4) is 0 Å². The number of urea groups is 1. The van der Waals surface area contributed by atoms with Crippen LogP contribution in [-0.2, 0) is 23.4 Å². The van der Waals surface area contributed by atoms with Crippen LogP contribution in [0.2, 0.25) is 0 Å². The van der Waals surface area contributed by atoms with E-state index in [9.17, 15) is 13.2 Å². The SMILES string of the molecule is Cn1ccnc1-c1cccc(NC(=O)NCc2ccc(S(C)(=O)=O)cc2)c1. The maximum Gasteiger partial charge on any atom is 0.319 e. The van der Waals surface area contributed by atoms with Gasteiger partial charge in [-0.25, -0.2) is 18.2 Å². The van der Waals surface area contributed by atoms with Crippen LogP contribution in [0.5, 0.6) is 0 Å². The van der Waals surface area contributed by atoms with Crippen molar-refractivity contribution < 1.29 is 13.2 Å². The van der Waals surface area contributed by atoms with Crippen LogP contribution >= 0.6 is 0 Å². The van der Waals surface area contributed by atoms with Gasteiger partial charge < -0.3 is 15.2 Å². The van der Waals surface area contributed by atoms with Gasteiger partial charge in [0.1, 0.15) is 5.82 Å². The number of carbonyl (C=O) groups is 1. The third-order valence-corrected chi connectivity index (χ3v) is 5.13. The van der Waals surface area contributed by atoms with E-state index in [1.54, 1.807) is 24.4 Å². The lowest BCUT2D eigenvalue weighted by Crippen LogP contribution is -2.28. The monoisotopic (exact) mass is 384 g/mol. The maximum atomic E-state index is 12.1. The van der Waals surface area contributed by atoms with E-state index in [1.165, 1.54) is 12.1 Å². The Labute approximate surface area is 158 Å². The van der Waals surface area contributed by atoms with Crippen LogP contribution in [0.15, 0.2) is 65.8 Å². The average Bonchev–Trinajstić information content (AvgIpc) is 3.06. The van der Waals surface area contributed by atoms with E-state index < -0.39 is 9.84 Å². The maximum absolute atomic E-state index is 12.1. The predicted molar refractivity (Wildman–Crippen MR) is 104 cm³/mol. The van der Waals surface area contributed by atoms with Crippen molar-refractivity contribution in [3.8, 4) is 11.4 Å². The number of rotatable bonds is 5. The van der Waals surface area contributed by atoms with Crippen LogP contribution in [0.25, 0.3) is 11.4 Å². The van der Waals surface area contributed by atoms with Gasteiger partial charge in [0.25, 0.3) is 0 Å². The molecule has 2 aromatic carbocycles. The van der Waals surface area contributed by atoms with Gasteiger partial charge in [0.05, 0.1) is 4.90 Å². The molecule has 2 N–H and O–H groups in total. The van der Waals surface area contributed by atoms with Crippen molar-refractivity contribution in [1.29, 1.82) is 0 Å². The van der Waals surface area contributed by atoms with Gasteiger partial charge in [0, 0.05) is 43.5 Å². The van der Waals surface area contributed by atoms with Crippen molar-refractivity contribution in [3.05, 3.63) is 66.5 Å². The summed E-state index contributed by atoms with van der Waals surface area (Å²) in [7, 11) is -1.32. The number of amides is 2. The molecule has 3 rings (SSSR count). The Morgan fingerprint density at radius 3 is 2.52 bits per heavy atom. The van der Waals surface area contributed by atoms with Gasteiger partial charge in [0.2, 0.25) is 0 Å². The van der Waals surface area contributed by atoms with Crippen molar-refractivity contribution in [1.82, 2.24) is 14.9 Å². The summed E-state index contributed by atoms with van der Waals surface area (Å²) in [6, 6.07) is 13.5. The third-order valence-electron chi connectivity index (χ3n) is 4.00. The third kappa shape index (κ3) is 4.73. The van der Waals surface area contributed by atoms with Crippen molar-refractivity contribution in [2.75, 3.05) is 11.6 Å². The highest BCUT2D eigenvalue weighted by Crippen LogP contribution is 2.20. The highest BCUT2D eigenvalue weighted by Gasteiger charge is 2.08. The number of nitrogens with one attached hydrogen (secondary N) is 2. The molecule has 7 nitrogen and oxygen atoms in total. The molecule has 0 radical (unpaired) electrons. The quantitative estimate of drug-likeness (QED) is 0.707. The Kier molecular flexibility index (Phi) is 5.27. The van der Waals surface area contributed by atoms with Crippen molar-refractivity contribution >= 4 is 21.6 Å². The summed E-state index contributed by atoms with van der Waals surface area (Å²) in [5, 5.41) is 5.54. The lowest BCUT2D eigenvalue weighted by atomic mass is 10.2. The normalized spacial score (nSPS) is 11.2. The minimum atomic E-state index is -3.22. The predicted octanol–water partition coefficient (Wildman–Crippen LogP) is 2.81. The first-order chi connectivity index (χ1) is 12.8. The molecule has 27 heavy (non-hydrogen) atoms. The molecule has 2 amide bonds. The van der Waals surface area contributed by atoms with E-state index in [-0.39, 0.29) is 17.5 Å². The van der Waals surface area contributed by atoms with Crippen LogP contribution in [0.4, 0.5) is 10.5 Å². The number of hydrogen-bond donors (Lipinski definition) is 2. The second kappa shape index (κ2) is 7.63. The number of sulfone groups is 1. The summed E-state index contributed by atoms with van der Waals surface area (Å²) in [4.78, 5) is 16.7. The molecule has 0 aliphatic heterocycles. The average molecular weight is 384 g/mol. The van der Waals surface area contributed by atoms with Gasteiger partial charge in [-0.3, -0.25) is 0 Å². The minimum absolute atomic E-state index is 0.252. The van der Waals surface area contributed by atoms with Gasteiger partial charge in [-0.2, -0.15) is 0 Å². The summed E-state index contributed by atoms with van der Waals surface area (Å²) in [5.74, 6) is 0.810. The number of aryl methyl sites for hydroxylation is 1. The smallest absolute Gasteiger partial charge is 0.319 e.